The van der Waals surface area contributed by atoms with Crippen molar-refractivity contribution in [3.05, 3.63) is 137 Å². The fourth-order valence-electron chi connectivity index (χ4n) is 7.04. The number of benzene rings is 4. The number of phenols is 1. The van der Waals surface area contributed by atoms with E-state index < -0.39 is 0 Å². The SMILES string of the molecule is CC(C)c1cc(-c2cc(-c3[c-]c(-c4cc(-c5c(C(C)C)cc(C(C)(C)C)cc5C(C)C)ccn4)ccc3)nc(-c3ccccc3O)c2)cc(C(C)C)c1.[Pt]. The van der Waals surface area contributed by atoms with Gasteiger partial charge in [0, 0.05) is 44.2 Å². The molecular weight excluding hydrogens is 840 g/mol. The van der Waals surface area contributed by atoms with E-state index in [0.717, 1.165) is 39.3 Å². The van der Waals surface area contributed by atoms with Gasteiger partial charge in [0.15, 0.2) is 0 Å². The van der Waals surface area contributed by atoms with Gasteiger partial charge in [-0.1, -0.05) is 142 Å². The number of aromatic nitrogens is 2. The zero-order valence-electron chi connectivity index (χ0n) is 33.8. The fourth-order valence-corrected chi connectivity index (χ4v) is 7.04. The van der Waals surface area contributed by atoms with Crippen LogP contribution in [0.25, 0.3) is 56.0 Å². The van der Waals surface area contributed by atoms with E-state index in [1.54, 1.807) is 6.07 Å². The van der Waals surface area contributed by atoms with Crippen molar-refractivity contribution >= 4 is 0 Å². The van der Waals surface area contributed by atoms with Gasteiger partial charge in [-0.3, -0.25) is 9.97 Å². The largest absolute Gasteiger partial charge is 0.507 e. The van der Waals surface area contributed by atoms with Crippen molar-refractivity contribution in [1.82, 2.24) is 9.97 Å². The summed E-state index contributed by atoms with van der Waals surface area (Å²) < 4.78 is 0. The van der Waals surface area contributed by atoms with Crippen molar-refractivity contribution < 1.29 is 26.2 Å². The number of hydrogen-bond donors (Lipinski definition) is 1. The van der Waals surface area contributed by atoms with Crippen molar-refractivity contribution in [2.24, 2.45) is 0 Å². The molecule has 0 aliphatic heterocycles. The minimum Gasteiger partial charge on any atom is -0.507 e. The summed E-state index contributed by atoms with van der Waals surface area (Å²) >= 11 is 0. The van der Waals surface area contributed by atoms with Crippen LogP contribution in [-0.4, -0.2) is 15.1 Å². The Kier molecular flexibility index (Phi) is 12.5. The molecule has 2 heterocycles. The first-order valence-electron chi connectivity index (χ1n) is 19.2. The van der Waals surface area contributed by atoms with Crippen LogP contribution in [0.4, 0.5) is 0 Å². The minimum atomic E-state index is 0. The predicted octanol–water partition coefficient (Wildman–Crippen LogP) is 14.1. The molecule has 0 saturated carbocycles. The van der Waals surface area contributed by atoms with Crippen LogP contribution in [0.1, 0.15) is 128 Å². The summed E-state index contributed by atoms with van der Waals surface area (Å²) in [5.41, 5.74) is 16.3. The molecule has 6 rings (SSSR count). The molecule has 0 aliphatic rings. The second kappa shape index (κ2) is 16.6. The first-order chi connectivity index (χ1) is 25.1. The predicted molar refractivity (Wildman–Crippen MR) is 225 cm³/mol. The van der Waals surface area contributed by atoms with Gasteiger partial charge >= 0.3 is 0 Å². The Morgan fingerprint density at radius 3 is 1.65 bits per heavy atom. The van der Waals surface area contributed by atoms with Gasteiger partial charge in [0.25, 0.3) is 0 Å². The van der Waals surface area contributed by atoms with Gasteiger partial charge in [-0.05, 0) is 103 Å². The minimum absolute atomic E-state index is 0. The molecule has 1 N–H and O–H groups in total. The molecule has 0 aliphatic carbocycles. The van der Waals surface area contributed by atoms with Crippen LogP contribution in [0, 0.1) is 6.07 Å². The maximum Gasteiger partial charge on any atom is 0.124 e. The van der Waals surface area contributed by atoms with Gasteiger partial charge in [-0.25, -0.2) is 0 Å². The number of rotatable bonds is 9. The van der Waals surface area contributed by atoms with E-state index >= 15 is 0 Å². The Balaban J connectivity index is 0.00000561. The van der Waals surface area contributed by atoms with Crippen molar-refractivity contribution in [3.63, 3.8) is 0 Å². The van der Waals surface area contributed by atoms with Crippen LogP contribution in [0.3, 0.4) is 0 Å². The van der Waals surface area contributed by atoms with Gasteiger partial charge in [0.2, 0.25) is 0 Å². The summed E-state index contributed by atoms with van der Waals surface area (Å²) in [5.74, 6) is 1.72. The number of para-hydroxylation sites is 1. The van der Waals surface area contributed by atoms with Crippen LogP contribution in [0.15, 0.2) is 103 Å². The normalized spacial score (nSPS) is 11.8. The van der Waals surface area contributed by atoms with E-state index in [1.165, 1.54) is 38.9 Å². The zero-order chi connectivity index (χ0) is 38.2. The first kappa shape index (κ1) is 40.8. The summed E-state index contributed by atoms with van der Waals surface area (Å²) in [7, 11) is 0. The summed E-state index contributed by atoms with van der Waals surface area (Å²) in [6.45, 7) is 25.0. The van der Waals surface area contributed by atoms with Crippen LogP contribution < -0.4 is 0 Å². The standard InChI is InChI=1S/C50H55N2O.Pt/c1-30(2)37-22-38(31(3)4)24-39(23-37)40-26-46(52-47(27-40)42-17-12-13-18-48(42)53)35-16-14-15-34(21-35)45-25-36(19-20-51-45)49-43(32(5)6)28-41(50(9,10)11)29-44(49)33(7)8;/h12-20,22-33,53H,1-11H3;/q-1;. The molecule has 282 valence electrons. The number of hydrogen-bond acceptors (Lipinski definition) is 3. The molecule has 54 heavy (non-hydrogen) atoms. The summed E-state index contributed by atoms with van der Waals surface area (Å²) in [5, 5.41) is 10.9. The van der Waals surface area contributed by atoms with Gasteiger partial charge in [0.1, 0.15) is 5.75 Å². The smallest absolute Gasteiger partial charge is 0.124 e. The number of nitrogens with zero attached hydrogens (tertiary/aromatic N) is 2. The molecule has 6 aromatic rings. The maximum absolute atomic E-state index is 10.9. The third kappa shape index (κ3) is 8.79. The molecule has 0 spiro atoms. The van der Waals surface area contributed by atoms with Gasteiger partial charge < -0.3 is 5.11 Å². The Morgan fingerprint density at radius 2 is 1.09 bits per heavy atom. The average molecular weight is 895 g/mol. The third-order valence-electron chi connectivity index (χ3n) is 10.4. The molecule has 0 unspecified atom stereocenters. The van der Waals surface area contributed by atoms with E-state index in [-0.39, 0.29) is 32.2 Å². The van der Waals surface area contributed by atoms with Gasteiger partial charge in [-0.15, -0.1) is 24.3 Å². The number of pyridine rings is 2. The molecule has 0 amide bonds. The van der Waals surface area contributed by atoms with Crippen LogP contribution >= 0.6 is 0 Å². The molecule has 0 saturated heterocycles. The van der Waals surface area contributed by atoms with Gasteiger partial charge in [0.05, 0.1) is 5.69 Å². The quantitative estimate of drug-likeness (QED) is 0.147. The Morgan fingerprint density at radius 1 is 0.556 bits per heavy atom. The molecule has 4 heteroatoms. The summed E-state index contributed by atoms with van der Waals surface area (Å²) in [6, 6.07) is 37.7. The molecule has 2 aromatic heterocycles. The molecule has 0 atom stereocenters. The summed E-state index contributed by atoms with van der Waals surface area (Å²) in [4.78, 5) is 10.0. The second-order valence-electron chi connectivity index (χ2n) is 16.8. The summed E-state index contributed by atoms with van der Waals surface area (Å²) in [6.07, 6.45) is 1.93. The number of phenolic OH excluding ortho intramolecular Hbond substituents is 1. The monoisotopic (exact) mass is 894 g/mol. The van der Waals surface area contributed by atoms with E-state index in [4.69, 9.17) is 9.97 Å². The molecule has 3 nitrogen and oxygen atoms in total. The molecule has 4 aromatic carbocycles. The molecule has 0 radical (unpaired) electrons. The van der Waals surface area contributed by atoms with E-state index in [9.17, 15) is 5.11 Å². The van der Waals surface area contributed by atoms with Crippen LogP contribution in [0.5, 0.6) is 5.75 Å². The van der Waals surface area contributed by atoms with E-state index in [0.29, 0.717) is 29.2 Å². The maximum atomic E-state index is 10.9. The van der Waals surface area contributed by atoms with Crippen molar-refractivity contribution in [3.8, 4) is 61.8 Å². The Labute approximate surface area is 338 Å². The Hall–Kier alpha value is -4.33. The molecule has 0 fully saturated rings. The topological polar surface area (TPSA) is 46.0 Å². The second-order valence-corrected chi connectivity index (χ2v) is 16.8. The fraction of sp³-hybridized carbons (Fsp3) is 0.320. The van der Waals surface area contributed by atoms with Crippen molar-refractivity contribution in [2.75, 3.05) is 0 Å². The Bertz CT molecular complexity index is 2200. The van der Waals surface area contributed by atoms with Crippen LogP contribution in [0.2, 0.25) is 0 Å². The van der Waals surface area contributed by atoms with Crippen LogP contribution in [-0.2, 0) is 26.5 Å². The van der Waals surface area contributed by atoms with Crippen molar-refractivity contribution in [1.29, 1.82) is 0 Å². The molecule has 0 bridgehead atoms. The number of aromatic hydroxyl groups is 1. The van der Waals surface area contributed by atoms with E-state index in [1.807, 2.05) is 24.4 Å². The average Bonchev–Trinajstić information content (AvgIpc) is 3.13. The van der Waals surface area contributed by atoms with Gasteiger partial charge in [-0.2, -0.15) is 0 Å². The first-order valence-corrected chi connectivity index (χ1v) is 19.2. The molecular formula is C50H55N2OPt-. The van der Waals surface area contributed by atoms with Crippen molar-refractivity contribution in [2.45, 2.75) is 105 Å². The third-order valence-corrected chi connectivity index (χ3v) is 10.4. The zero-order valence-corrected chi connectivity index (χ0v) is 36.1. The van der Waals surface area contributed by atoms with E-state index in [2.05, 4.69) is 155 Å².